The van der Waals surface area contributed by atoms with Crippen LogP contribution in [0.3, 0.4) is 0 Å². The van der Waals surface area contributed by atoms with E-state index in [9.17, 15) is 9.90 Å². The van der Waals surface area contributed by atoms with Crippen LogP contribution in [-0.2, 0) is 17.8 Å². The van der Waals surface area contributed by atoms with Gasteiger partial charge in [0.25, 0.3) is 0 Å². The van der Waals surface area contributed by atoms with Gasteiger partial charge in [0.1, 0.15) is 12.4 Å². The lowest BCUT2D eigenvalue weighted by molar-refractivity contribution is -0.0693. The van der Waals surface area contributed by atoms with Gasteiger partial charge in [-0.15, -0.1) is 6.58 Å². The molecule has 0 unspecified atom stereocenters. The van der Waals surface area contributed by atoms with Crippen molar-refractivity contribution in [1.82, 2.24) is 0 Å². The Morgan fingerprint density at radius 1 is 1.26 bits per heavy atom. The van der Waals surface area contributed by atoms with Gasteiger partial charge in [-0.05, 0) is 97.2 Å². The number of rotatable bonds is 8. The molecule has 2 aromatic carbocycles. The Bertz CT molecular complexity index is 1130. The lowest BCUT2D eigenvalue weighted by atomic mass is 9.57. The van der Waals surface area contributed by atoms with Crippen molar-refractivity contribution >= 4 is 23.3 Å². The third-order valence-electron chi connectivity index (χ3n) is 8.31. The number of carbonyl (C=O) groups is 1. The highest BCUT2D eigenvalue weighted by molar-refractivity contribution is 6.30. The molecule has 0 spiro atoms. The fourth-order valence-corrected chi connectivity index (χ4v) is 5.82. The highest BCUT2D eigenvalue weighted by atomic mass is 35.5. The summed E-state index contributed by atoms with van der Waals surface area (Å²) in [6, 6.07) is 11.6. The van der Waals surface area contributed by atoms with Gasteiger partial charge < -0.3 is 19.5 Å². The smallest absolute Gasteiger partial charge is 0.338 e. The molecule has 0 aromatic heterocycles. The minimum atomic E-state index is -0.407. The number of nitrogens with zero attached hydrogens (tertiary/aromatic N) is 1. The molecule has 0 bridgehead atoms. The van der Waals surface area contributed by atoms with Crippen molar-refractivity contribution in [3.8, 4) is 5.75 Å². The number of aryl methyl sites for hydroxylation is 1. The molecule has 3 atom stereocenters. The zero-order valence-electron chi connectivity index (χ0n) is 23.0. The zero-order valence-corrected chi connectivity index (χ0v) is 23.8. The summed E-state index contributed by atoms with van der Waals surface area (Å²) in [5.74, 6) is 1.04. The lowest BCUT2D eigenvalue weighted by Crippen LogP contribution is -2.51. The summed E-state index contributed by atoms with van der Waals surface area (Å²) in [6.45, 7) is 12.5. The standard InChI is InChI=1S/C32H42ClNO4/c1-5-8-30(35)32(4)15-14-26(32)19-34-16-7-6-9-23-17-27(33)12-10-25(23)21-37-29-13-11-24(18-28(29)34)31(36)38-20-22(2)3/h5,10-13,17-18,22,26,30,35H,1,6-9,14-16,19-21H2,2-4H3/t26-,30-,32-/m1/s1. The van der Waals surface area contributed by atoms with Crippen molar-refractivity contribution in [2.24, 2.45) is 17.3 Å². The molecule has 4 rings (SSSR count). The van der Waals surface area contributed by atoms with Crippen molar-refractivity contribution in [2.45, 2.75) is 72.0 Å². The third kappa shape index (κ3) is 6.55. The number of hydrogen-bond donors (Lipinski definition) is 1. The second-order valence-electron chi connectivity index (χ2n) is 11.6. The first kappa shape index (κ1) is 28.5. The van der Waals surface area contributed by atoms with Crippen molar-refractivity contribution in [1.29, 1.82) is 0 Å². The Morgan fingerprint density at radius 3 is 2.79 bits per heavy atom. The molecule has 2 aliphatic rings. The number of aliphatic hydroxyl groups excluding tert-OH is 1. The summed E-state index contributed by atoms with van der Waals surface area (Å²) in [5.41, 5.74) is 3.65. The number of benzene rings is 2. The van der Waals surface area contributed by atoms with Gasteiger partial charge in [-0.2, -0.15) is 0 Å². The number of esters is 1. The topological polar surface area (TPSA) is 59.0 Å². The van der Waals surface area contributed by atoms with E-state index in [0.29, 0.717) is 31.1 Å². The van der Waals surface area contributed by atoms with Crippen molar-refractivity contribution in [3.63, 3.8) is 0 Å². The summed E-state index contributed by atoms with van der Waals surface area (Å²) in [6.07, 6.45) is 7.02. The molecule has 2 aromatic rings. The molecule has 0 radical (unpaired) electrons. The number of anilines is 1. The molecule has 1 saturated carbocycles. The van der Waals surface area contributed by atoms with Gasteiger partial charge in [-0.3, -0.25) is 0 Å². The summed E-state index contributed by atoms with van der Waals surface area (Å²) in [4.78, 5) is 15.2. The SMILES string of the molecule is C=CC[C@@H](O)[C@]1(C)CC[C@@H]1CN1CCCCc2cc(Cl)ccc2COc2ccc(C(=O)OCC(C)C)cc21. The fraction of sp³-hybridized carbons (Fsp3) is 0.531. The molecule has 1 aliphatic carbocycles. The second-order valence-corrected chi connectivity index (χ2v) is 12.0. The number of ether oxygens (including phenoxy) is 2. The van der Waals surface area contributed by atoms with Crippen LogP contribution in [0.1, 0.15) is 74.4 Å². The van der Waals surface area contributed by atoms with E-state index in [-0.39, 0.29) is 17.3 Å². The molecule has 0 saturated heterocycles. The second kappa shape index (κ2) is 12.6. The van der Waals surface area contributed by atoms with Gasteiger partial charge in [0, 0.05) is 18.1 Å². The molecule has 1 N–H and O–H groups in total. The molecule has 38 heavy (non-hydrogen) atoms. The summed E-state index contributed by atoms with van der Waals surface area (Å²) < 4.78 is 12.0. The Morgan fingerprint density at radius 2 is 2.08 bits per heavy atom. The highest BCUT2D eigenvalue weighted by Gasteiger charge is 2.48. The Kier molecular flexibility index (Phi) is 9.43. The molecule has 206 valence electrons. The molecule has 6 heteroatoms. The first-order valence-corrected chi connectivity index (χ1v) is 14.3. The number of hydrogen-bond acceptors (Lipinski definition) is 5. The van der Waals surface area contributed by atoms with Gasteiger partial charge in [-0.25, -0.2) is 4.79 Å². The van der Waals surface area contributed by atoms with Crippen LogP contribution in [0.25, 0.3) is 0 Å². The Labute approximate surface area is 232 Å². The van der Waals surface area contributed by atoms with Crippen LogP contribution in [0, 0.1) is 17.3 Å². The van der Waals surface area contributed by atoms with Crippen LogP contribution in [0.4, 0.5) is 5.69 Å². The molecule has 5 nitrogen and oxygen atoms in total. The van der Waals surface area contributed by atoms with E-state index in [1.807, 2.05) is 44.2 Å². The number of fused-ring (bicyclic) bond motifs is 2. The predicted octanol–water partition coefficient (Wildman–Crippen LogP) is 7.23. The maximum Gasteiger partial charge on any atom is 0.338 e. The third-order valence-corrected chi connectivity index (χ3v) is 8.55. The van der Waals surface area contributed by atoms with Crippen LogP contribution in [-0.4, -0.2) is 36.9 Å². The van der Waals surface area contributed by atoms with E-state index >= 15 is 0 Å². The molecule has 1 aliphatic heterocycles. The average molecular weight is 540 g/mol. The first-order chi connectivity index (χ1) is 18.2. The maximum atomic E-state index is 12.9. The van der Waals surface area contributed by atoms with Crippen LogP contribution in [0.5, 0.6) is 5.75 Å². The Hall–Kier alpha value is -2.50. The fourth-order valence-electron chi connectivity index (χ4n) is 5.63. The Balaban J connectivity index is 1.66. The summed E-state index contributed by atoms with van der Waals surface area (Å²) in [5, 5.41) is 11.6. The van der Waals surface area contributed by atoms with E-state index in [0.717, 1.165) is 67.2 Å². The number of halogens is 1. The lowest BCUT2D eigenvalue weighted by Gasteiger charge is -2.52. The van der Waals surface area contributed by atoms with Gasteiger partial charge in [-0.1, -0.05) is 44.5 Å². The van der Waals surface area contributed by atoms with Gasteiger partial charge in [0.05, 0.1) is 24.0 Å². The molecule has 0 amide bonds. The van der Waals surface area contributed by atoms with E-state index in [1.54, 1.807) is 12.1 Å². The highest BCUT2D eigenvalue weighted by Crippen LogP contribution is 2.51. The van der Waals surface area contributed by atoms with Gasteiger partial charge >= 0.3 is 5.97 Å². The minimum Gasteiger partial charge on any atom is -0.487 e. The summed E-state index contributed by atoms with van der Waals surface area (Å²) >= 11 is 6.31. The molecule has 1 heterocycles. The zero-order chi connectivity index (χ0) is 27.3. The number of carbonyl (C=O) groups excluding carboxylic acids is 1. The minimum absolute atomic E-state index is 0.151. The molecular weight excluding hydrogens is 498 g/mol. The van der Waals surface area contributed by atoms with Crippen LogP contribution in [0.2, 0.25) is 5.02 Å². The van der Waals surface area contributed by atoms with E-state index in [2.05, 4.69) is 18.4 Å². The van der Waals surface area contributed by atoms with Crippen molar-refractivity contribution < 1.29 is 19.4 Å². The van der Waals surface area contributed by atoms with Crippen LogP contribution in [0.15, 0.2) is 49.1 Å². The summed E-state index contributed by atoms with van der Waals surface area (Å²) in [7, 11) is 0. The van der Waals surface area contributed by atoms with Crippen molar-refractivity contribution in [3.05, 3.63) is 70.8 Å². The van der Waals surface area contributed by atoms with E-state index < -0.39 is 6.10 Å². The van der Waals surface area contributed by atoms with E-state index in [4.69, 9.17) is 21.1 Å². The largest absolute Gasteiger partial charge is 0.487 e. The quantitative estimate of drug-likeness (QED) is 0.283. The molecular formula is C32H42ClNO4. The van der Waals surface area contributed by atoms with Gasteiger partial charge in [0.2, 0.25) is 0 Å². The van der Waals surface area contributed by atoms with Crippen LogP contribution < -0.4 is 9.64 Å². The van der Waals surface area contributed by atoms with E-state index in [1.165, 1.54) is 5.56 Å². The molecule has 1 fully saturated rings. The first-order valence-electron chi connectivity index (χ1n) is 14.0. The predicted molar refractivity (Wildman–Crippen MR) is 154 cm³/mol. The van der Waals surface area contributed by atoms with Crippen molar-refractivity contribution in [2.75, 3.05) is 24.6 Å². The average Bonchev–Trinajstić information content (AvgIpc) is 2.92. The maximum absolute atomic E-state index is 12.9. The number of aliphatic hydroxyl groups is 1. The van der Waals surface area contributed by atoms with Crippen LogP contribution >= 0.6 is 11.6 Å². The van der Waals surface area contributed by atoms with Gasteiger partial charge in [0.15, 0.2) is 0 Å². The normalized spacial score (nSPS) is 22.3. The monoisotopic (exact) mass is 539 g/mol.